The van der Waals surface area contributed by atoms with Crippen molar-refractivity contribution < 1.29 is 9.53 Å². The van der Waals surface area contributed by atoms with Gasteiger partial charge in [-0.2, -0.15) is 0 Å². The highest BCUT2D eigenvalue weighted by molar-refractivity contribution is 6.33. The van der Waals surface area contributed by atoms with Crippen LogP contribution in [-0.2, 0) is 4.74 Å². The summed E-state index contributed by atoms with van der Waals surface area (Å²) in [6, 6.07) is 1.32. The van der Waals surface area contributed by atoms with Gasteiger partial charge in [0, 0.05) is 37.2 Å². The summed E-state index contributed by atoms with van der Waals surface area (Å²) in [5.41, 5.74) is 8.65. The molecule has 1 fully saturated rings. The zero-order valence-corrected chi connectivity index (χ0v) is 15.7. The first-order chi connectivity index (χ1) is 11.7. The van der Waals surface area contributed by atoms with Crippen molar-refractivity contribution in [2.45, 2.75) is 32.4 Å². The van der Waals surface area contributed by atoms with Gasteiger partial charge in [0.25, 0.3) is 0 Å². The maximum atomic E-state index is 12.3. The lowest BCUT2D eigenvalue weighted by Crippen LogP contribution is -2.57. The van der Waals surface area contributed by atoms with E-state index in [9.17, 15) is 4.79 Å². The summed E-state index contributed by atoms with van der Waals surface area (Å²) in [6.07, 6.45) is -0.407. The standard InChI is InChI=1S/C14H19Cl2N7O2/c1-14(2,3)25-13(24)22-4-5-23(9(8-22)7-18-21-17)10-6-11(15)19-20-12(10)16/h6,9H,4-5,7-8H2,1-3H3/t9-/m0/s1. The molecule has 0 bridgehead atoms. The van der Waals surface area contributed by atoms with Gasteiger partial charge in [-0.05, 0) is 26.3 Å². The highest BCUT2D eigenvalue weighted by atomic mass is 35.5. The van der Waals surface area contributed by atoms with Crippen LogP contribution in [0, 0.1) is 0 Å². The van der Waals surface area contributed by atoms with Gasteiger partial charge in [-0.15, -0.1) is 10.2 Å². The highest BCUT2D eigenvalue weighted by Gasteiger charge is 2.33. The minimum atomic E-state index is -0.583. The van der Waals surface area contributed by atoms with Crippen LogP contribution in [0.3, 0.4) is 0 Å². The molecule has 0 N–H and O–H groups in total. The number of hydrogen-bond donors (Lipinski definition) is 0. The Kier molecular flexibility index (Phi) is 6.16. The van der Waals surface area contributed by atoms with Crippen molar-refractivity contribution in [3.63, 3.8) is 0 Å². The molecule has 0 spiro atoms. The average molecular weight is 388 g/mol. The van der Waals surface area contributed by atoms with Crippen LogP contribution >= 0.6 is 23.2 Å². The third-order valence-electron chi connectivity index (χ3n) is 3.50. The quantitative estimate of drug-likeness (QED) is 0.447. The molecule has 1 aromatic heterocycles. The molecular weight excluding hydrogens is 369 g/mol. The number of carbonyl (C=O) groups excluding carboxylic acids is 1. The van der Waals surface area contributed by atoms with Crippen molar-refractivity contribution >= 4 is 35.0 Å². The molecule has 2 heterocycles. The van der Waals surface area contributed by atoms with Crippen LogP contribution in [0.1, 0.15) is 20.8 Å². The van der Waals surface area contributed by atoms with E-state index in [1.807, 2.05) is 25.7 Å². The molecule has 9 nitrogen and oxygen atoms in total. The van der Waals surface area contributed by atoms with Crippen molar-refractivity contribution in [1.82, 2.24) is 15.1 Å². The van der Waals surface area contributed by atoms with Crippen LogP contribution in [0.15, 0.2) is 11.2 Å². The number of halogens is 2. The van der Waals surface area contributed by atoms with Crippen LogP contribution in [0.2, 0.25) is 10.3 Å². The topological polar surface area (TPSA) is 107 Å². The Morgan fingerprint density at radius 2 is 2.16 bits per heavy atom. The summed E-state index contributed by atoms with van der Waals surface area (Å²) in [7, 11) is 0. The van der Waals surface area contributed by atoms with Crippen LogP contribution in [-0.4, -0.2) is 59.0 Å². The number of azide groups is 1. The average Bonchev–Trinajstić information content (AvgIpc) is 2.53. The van der Waals surface area contributed by atoms with E-state index in [1.165, 1.54) is 0 Å². The summed E-state index contributed by atoms with van der Waals surface area (Å²) < 4.78 is 5.41. The number of nitrogens with zero attached hydrogens (tertiary/aromatic N) is 7. The highest BCUT2D eigenvalue weighted by Crippen LogP contribution is 2.29. The molecule has 136 valence electrons. The summed E-state index contributed by atoms with van der Waals surface area (Å²) >= 11 is 12.0. The predicted octanol–water partition coefficient (Wildman–Crippen LogP) is 3.52. The largest absolute Gasteiger partial charge is 0.444 e. The van der Waals surface area contributed by atoms with E-state index in [4.69, 9.17) is 33.5 Å². The monoisotopic (exact) mass is 387 g/mol. The van der Waals surface area contributed by atoms with Gasteiger partial charge >= 0.3 is 6.09 Å². The van der Waals surface area contributed by atoms with Crippen molar-refractivity contribution in [1.29, 1.82) is 0 Å². The second kappa shape index (κ2) is 7.95. The number of piperazine rings is 1. The number of rotatable bonds is 3. The molecule has 1 amide bonds. The Hall–Kier alpha value is -1.96. The Balaban J connectivity index is 2.21. The van der Waals surface area contributed by atoms with Crippen LogP contribution in [0.4, 0.5) is 10.5 Å². The lowest BCUT2D eigenvalue weighted by molar-refractivity contribution is 0.0216. The molecule has 25 heavy (non-hydrogen) atoms. The van der Waals surface area contributed by atoms with Gasteiger partial charge in [-0.1, -0.05) is 28.3 Å². The van der Waals surface area contributed by atoms with Crippen LogP contribution < -0.4 is 4.90 Å². The molecular formula is C14H19Cl2N7O2. The Bertz CT molecular complexity index is 688. The fourth-order valence-corrected chi connectivity index (χ4v) is 2.84. The lowest BCUT2D eigenvalue weighted by atomic mass is 10.1. The van der Waals surface area contributed by atoms with E-state index in [0.29, 0.717) is 25.3 Å². The van der Waals surface area contributed by atoms with E-state index >= 15 is 0 Å². The van der Waals surface area contributed by atoms with Crippen molar-refractivity contribution in [3.05, 3.63) is 26.8 Å². The minimum Gasteiger partial charge on any atom is -0.444 e. The van der Waals surface area contributed by atoms with E-state index in [-0.39, 0.29) is 22.9 Å². The normalized spacial score (nSPS) is 17.9. The number of ether oxygens (including phenoxy) is 1. The Labute approximate surface area is 155 Å². The number of anilines is 1. The maximum absolute atomic E-state index is 12.3. The molecule has 0 aromatic carbocycles. The van der Waals surface area contributed by atoms with Crippen LogP contribution in [0.5, 0.6) is 0 Å². The molecule has 0 saturated carbocycles. The van der Waals surface area contributed by atoms with E-state index < -0.39 is 11.7 Å². The second-order valence-electron chi connectivity index (χ2n) is 6.53. The number of carbonyl (C=O) groups is 1. The first kappa shape index (κ1) is 19.4. The molecule has 0 radical (unpaired) electrons. The van der Waals surface area contributed by atoms with Crippen molar-refractivity contribution in [2.75, 3.05) is 31.1 Å². The summed E-state index contributed by atoms with van der Waals surface area (Å²) in [5.74, 6) is 0. The van der Waals surface area contributed by atoms with Crippen molar-refractivity contribution in [3.8, 4) is 0 Å². The minimum absolute atomic E-state index is 0.159. The maximum Gasteiger partial charge on any atom is 0.410 e. The smallest absolute Gasteiger partial charge is 0.410 e. The number of amides is 1. The SMILES string of the molecule is CC(C)(C)OC(=O)N1CCN(c2cc(Cl)nnc2Cl)[C@@H](CN=[N+]=[N-])C1. The fraction of sp³-hybridized carbons (Fsp3) is 0.643. The third kappa shape index (κ3) is 5.26. The fourth-order valence-electron chi connectivity index (χ4n) is 2.50. The molecule has 1 saturated heterocycles. The molecule has 1 aliphatic rings. The van der Waals surface area contributed by atoms with Gasteiger partial charge in [0.1, 0.15) is 5.60 Å². The molecule has 11 heteroatoms. The summed E-state index contributed by atoms with van der Waals surface area (Å²) in [4.78, 5) is 18.6. The molecule has 0 aliphatic carbocycles. The molecule has 0 unspecified atom stereocenters. The molecule has 2 rings (SSSR count). The van der Waals surface area contributed by atoms with E-state index in [0.717, 1.165) is 0 Å². The zero-order chi connectivity index (χ0) is 18.6. The van der Waals surface area contributed by atoms with Crippen LogP contribution in [0.25, 0.3) is 10.4 Å². The number of aromatic nitrogens is 2. The second-order valence-corrected chi connectivity index (χ2v) is 7.28. The van der Waals surface area contributed by atoms with E-state index in [2.05, 4.69) is 20.2 Å². The summed E-state index contributed by atoms with van der Waals surface area (Å²) in [6.45, 7) is 6.80. The van der Waals surface area contributed by atoms with Gasteiger partial charge in [0.05, 0.1) is 11.7 Å². The third-order valence-corrected chi connectivity index (χ3v) is 3.95. The van der Waals surface area contributed by atoms with Gasteiger partial charge in [-0.3, -0.25) is 0 Å². The zero-order valence-electron chi connectivity index (χ0n) is 14.2. The van der Waals surface area contributed by atoms with Gasteiger partial charge in [-0.25, -0.2) is 4.79 Å². The Morgan fingerprint density at radius 3 is 2.80 bits per heavy atom. The summed E-state index contributed by atoms with van der Waals surface area (Å²) in [5, 5.41) is 11.5. The van der Waals surface area contributed by atoms with E-state index in [1.54, 1.807) is 11.0 Å². The Morgan fingerprint density at radius 1 is 1.44 bits per heavy atom. The molecule has 1 atom stereocenters. The lowest BCUT2D eigenvalue weighted by Gasteiger charge is -2.42. The van der Waals surface area contributed by atoms with Gasteiger partial charge in [0.2, 0.25) is 0 Å². The van der Waals surface area contributed by atoms with Gasteiger partial charge < -0.3 is 14.5 Å². The first-order valence-electron chi connectivity index (χ1n) is 7.65. The van der Waals surface area contributed by atoms with Crippen molar-refractivity contribution in [2.24, 2.45) is 5.11 Å². The predicted molar refractivity (Wildman–Crippen MR) is 95.0 cm³/mol. The first-order valence-corrected chi connectivity index (χ1v) is 8.41. The number of hydrogen-bond acceptors (Lipinski definition) is 6. The molecule has 1 aromatic rings. The molecule has 1 aliphatic heterocycles. The van der Waals surface area contributed by atoms with Gasteiger partial charge in [0.15, 0.2) is 10.3 Å².